The Labute approximate surface area is 149 Å². The molecular weight excluding hydrogens is 320 g/mol. The molecule has 2 fully saturated rings. The van der Waals surface area contributed by atoms with E-state index in [1.165, 1.54) is 0 Å². The van der Waals surface area contributed by atoms with Gasteiger partial charge in [-0.15, -0.1) is 0 Å². The Bertz CT molecular complexity index is 614. The van der Waals surface area contributed by atoms with E-state index in [4.69, 9.17) is 14.2 Å². The monoisotopic (exact) mass is 348 g/mol. The Morgan fingerprint density at radius 2 is 1.84 bits per heavy atom. The molecule has 0 unspecified atom stereocenters. The Kier molecular flexibility index (Phi) is 5.68. The largest absolute Gasteiger partial charge is 0.492 e. The minimum absolute atomic E-state index is 0.0648. The molecular formula is C19H28N2O4. The topological polar surface area (TPSA) is 60.0 Å². The molecule has 25 heavy (non-hydrogen) atoms. The second-order valence-electron chi connectivity index (χ2n) is 6.59. The number of ether oxygens (including phenoxy) is 3. The number of hydrogen-bond donors (Lipinski definition) is 1. The fraction of sp³-hybridized carbons (Fsp3) is 0.632. The van der Waals surface area contributed by atoms with Crippen LogP contribution in [0.3, 0.4) is 0 Å². The van der Waals surface area contributed by atoms with E-state index in [2.05, 4.69) is 17.1 Å². The summed E-state index contributed by atoms with van der Waals surface area (Å²) in [7, 11) is 0. The van der Waals surface area contributed by atoms with Gasteiger partial charge in [0.1, 0.15) is 11.5 Å². The third-order valence-corrected chi connectivity index (χ3v) is 4.72. The van der Waals surface area contributed by atoms with Gasteiger partial charge in [0.15, 0.2) is 0 Å². The van der Waals surface area contributed by atoms with Crippen molar-refractivity contribution in [3.63, 3.8) is 0 Å². The van der Waals surface area contributed by atoms with Gasteiger partial charge >= 0.3 is 0 Å². The minimum atomic E-state index is 0.0648. The Morgan fingerprint density at radius 3 is 2.44 bits per heavy atom. The van der Waals surface area contributed by atoms with Crippen LogP contribution in [0.25, 0.3) is 0 Å². The van der Waals surface area contributed by atoms with Crippen molar-refractivity contribution < 1.29 is 19.0 Å². The molecule has 1 aromatic carbocycles. The summed E-state index contributed by atoms with van der Waals surface area (Å²) in [6, 6.07) is 3.87. The zero-order valence-corrected chi connectivity index (χ0v) is 15.3. The molecule has 1 aliphatic carbocycles. The number of hydrogen-bond acceptors (Lipinski definition) is 5. The molecule has 1 aromatic rings. The van der Waals surface area contributed by atoms with Gasteiger partial charge in [0.05, 0.1) is 37.8 Å². The lowest BCUT2D eigenvalue weighted by Gasteiger charge is -2.31. The van der Waals surface area contributed by atoms with Crippen molar-refractivity contribution in [3.05, 3.63) is 12.1 Å². The quantitative estimate of drug-likeness (QED) is 0.821. The van der Waals surface area contributed by atoms with Crippen LogP contribution in [0.5, 0.6) is 11.5 Å². The molecule has 2 atom stereocenters. The molecule has 6 heteroatoms. The first-order valence-electron chi connectivity index (χ1n) is 9.21. The van der Waals surface area contributed by atoms with E-state index >= 15 is 0 Å². The van der Waals surface area contributed by atoms with Crippen LogP contribution in [0.1, 0.15) is 27.2 Å². The molecule has 1 N–H and O–H groups in total. The molecule has 2 aliphatic rings. The first-order chi connectivity index (χ1) is 12.1. The van der Waals surface area contributed by atoms with E-state index in [0.29, 0.717) is 43.8 Å². The maximum absolute atomic E-state index is 12.4. The summed E-state index contributed by atoms with van der Waals surface area (Å²) in [5.41, 5.74) is 1.68. The van der Waals surface area contributed by atoms with E-state index in [1.54, 1.807) is 0 Å². The number of carbonyl (C=O) groups excluding carboxylic acids is 1. The number of carbonyl (C=O) groups is 1. The molecule has 1 saturated heterocycles. The Morgan fingerprint density at radius 1 is 1.20 bits per heavy atom. The number of benzene rings is 1. The summed E-state index contributed by atoms with van der Waals surface area (Å²) in [5.74, 6) is 2.11. The number of anilines is 2. The lowest BCUT2D eigenvalue weighted by Crippen LogP contribution is -2.36. The second kappa shape index (κ2) is 7.95. The zero-order valence-electron chi connectivity index (χ0n) is 15.3. The highest BCUT2D eigenvalue weighted by molar-refractivity contribution is 5.96. The SMILES string of the molecule is CCOc1cc(N2CCOCC2)c(OCC)cc1NC(=O)[C@@H]1C[C@H]1C. The smallest absolute Gasteiger partial charge is 0.227 e. The van der Waals surface area contributed by atoms with Crippen LogP contribution in [-0.4, -0.2) is 45.4 Å². The van der Waals surface area contributed by atoms with E-state index in [1.807, 2.05) is 26.0 Å². The van der Waals surface area contributed by atoms with Gasteiger partial charge in [0, 0.05) is 31.1 Å². The molecule has 3 rings (SSSR count). The normalized spacial score (nSPS) is 22.4. The Balaban J connectivity index is 1.89. The van der Waals surface area contributed by atoms with E-state index in [9.17, 15) is 4.79 Å². The minimum Gasteiger partial charge on any atom is -0.492 e. The van der Waals surface area contributed by atoms with Crippen molar-refractivity contribution in [1.82, 2.24) is 0 Å². The van der Waals surface area contributed by atoms with Crippen molar-refractivity contribution in [2.45, 2.75) is 27.2 Å². The number of rotatable bonds is 7. The molecule has 1 saturated carbocycles. The summed E-state index contributed by atoms with van der Waals surface area (Å²) in [4.78, 5) is 14.6. The number of nitrogens with zero attached hydrogens (tertiary/aromatic N) is 1. The molecule has 1 amide bonds. The van der Waals surface area contributed by atoms with E-state index < -0.39 is 0 Å². The summed E-state index contributed by atoms with van der Waals surface area (Å²) in [6.07, 6.45) is 0.958. The van der Waals surface area contributed by atoms with E-state index in [-0.39, 0.29) is 11.8 Å². The lowest BCUT2D eigenvalue weighted by molar-refractivity contribution is -0.117. The number of nitrogens with one attached hydrogen (secondary N) is 1. The van der Waals surface area contributed by atoms with Crippen molar-refractivity contribution in [2.24, 2.45) is 11.8 Å². The van der Waals surface area contributed by atoms with Gasteiger partial charge < -0.3 is 24.4 Å². The maximum Gasteiger partial charge on any atom is 0.227 e. The summed E-state index contributed by atoms with van der Waals surface area (Å²) < 4.78 is 17.1. The molecule has 0 spiro atoms. The zero-order chi connectivity index (χ0) is 17.8. The molecule has 6 nitrogen and oxygen atoms in total. The van der Waals surface area contributed by atoms with Gasteiger partial charge in [-0.25, -0.2) is 0 Å². The second-order valence-corrected chi connectivity index (χ2v) is 6.59. The van der Waals surface area contributed by atoms with Crippen LogP contribution < -0.4 is 19.7 Å². The predicted molar refractivity (Wildman–Crippen MR) is 97.7 cm³/mol. The van der Waals surface area contributed by atoms with Crippen LogP contribution in [0.2, 0.25) is 0 Å². The van der Waals surface area contributed by atoms with Gasteiger partial charge in [-0.2, -0.15) is 0 Å². The van der Waals surface area contributed by atoms with Crippen molar-refractivity contribution >= 4 is 17.3 Å². The maximum atomic E-state index is 12.4. The van der Waals surface area contributed by atoms with Crippen LogP contribution in [0.4, 0.5) is 11.4 Å². The highest BCUT2D eigenvalue weighted by Gasteiger charge is 2.39. The van der Waals surface area contributed by atoms with Crippen LogP contribution in [0.15, 0.2) is 12.1 Å². The van der Waals surface area contributed by atoms with Gasteiger partial charge in [0.2, 0.25) is 5.91 Å². The van der Waals surface area contributed by atoms with Gasteiger partial charge in [-0.1, -0.05) is 6.92 Å². The van der Waals surface area contributed by atoms with Gasteiger partial charge in [0.25, 0.3) is 0 Å². The van der Waals surface area contributed by atoms with Crippen LogP contribution in [0, 0.1) is 11.8 Å². The van der Waals surface area contributed by atoms with Gasteiger partial charge in [-0.3, -0.25) is 4.79 Å². The van der Waals surface area contributed by atoms with E-state index in [0.717, 1.165) is 30.9 Å². The molecule has 1 aliphatic heterocycles. The standard InChI is InChI=1S/C19H28N2O4/c1-4-24-17-12-16(21-6-8-23-9-7-21)18(25-5-2)11-15(17)20-19(22)14-10-13(14)3/h11-14H,4-10H2,1-3H3,(H,20,22)/t13-,14-/m1/s1. The summed E-state index contributed by atoms with van der Waals surface area (Å²) in [5, 5.41) is 3.03. The average Bonchev–Trinajstić information content (AvgIpc) is 3.35. The summed E-state index contributed by atoms with van der Waals surface area (Å²) >= 11 is 0. The average molecular weight is 348 g/mol. The van der Waals surface area contributed by atoms with Crippen LogP contribution in [-0.2, 0) is 9.53 Å². The molecule has 1 heterocycles. The van der Waals surface area contributed by atoms with Gasteiger partial charge in [-0.05, 0) is 26.2 Å². The highest BCUT2D eigenvalue weighted by Crippen LogP contribution is 2.42. The molecule has 138 valence electrons. The van der Waals surface area contributed by atoms with Crippen molar-refractivity contribution in [2.75, 3.05) is 49.7 Å². The molecule has 0 radical (unpaired) electrons. The van der Waals surface area contributed by atoms with Crippen LogP contribution >= 0.6 is 0 Å². The fourth-order valence-electron chi connectivity index (χ4n) is 3.16. The van der Waals surface area contributed by atoms with Crippen molar-refractivity contribution in [1.29, 1.82) is 0 Å². The first-order valence-corrected chi connectivity index (χ1v) is 9.21. The first kappa shape index (κ1) is 17.9. The number of amides is 1. The number of morpholine rings is 1. The van der Waals surface area contributed by atoms with Crippen molar-refractivity contribution in [3.8, 4) is 11.5 Å². The fourth-order valence-corrected chi connectivity index (χ4v) is 3.16. The highest BCUT2D eigenvalue weighted by atomic mass is 16.5. The molecule has 0 aromatic heterocycles. The third-order valence-electron chi connectivity index (χ3n) is 4.72. The Hall–Kier alpha value is -1.95. The molecule has 0 bridgehead atoms. The lowest BCUT2D eigenvalue weighted by atomic mass is 10.2. The third kappa shape index (κ3) is 4.18. The summed E-state index contributed by atoms with van der Waals surface area (Å²) in [6.45, 7) is 10.1. The predicted octanol–water partition coefficient (Wildman–Crippen LogP) is 2.92.